The van der Waals surface area contributed by atoms with E-state index in [2.05, 4.69) is 87.6 Å². The van der Waals surface area contributed by atoms with Crippen LogP contribution in [0.1, 0.15) is 83.4 Å². The van der Waals surface area contributed by atoms with E-state index >= 15 is 0 Å². The molecule has 0 aliphatic heterocycles. The van der Waals surface area contributed by atoms with Gasteiger partial charge in [-0.15, -0.1) is 0 Å². The van der Waals surface area contributed by atoms with Crippen LogP contribution in [-0.2, 0) is 4.79 Å². The minimum Gasteiger partial charge on any atom is -0.377 e. The van der Waals surface area contributed by atoms with Gasteiger partial charge in [0, 0.05) is 25.7 Å². The van der Waals surface area contributed by atoms with Gasteiger partial charge in [-0.1, -0.05) is 82.9 Å². The summed E-state index contributed by atoms with van der Waals surface area (Å²) in [6, 6.07) is 8.53. The van der Waals surface area contributed by atoms with Gasteiger partial charge in [-0.25, -0.2) is 0 Å². The molecule has 0 radical (unpaired) electrons. The summed E-state index contributed by atoms with van der Waals surface area (Å²) in [6.45, 7) is 8.44. The molecule has 0 aliphatic rings. The molecule has 1 aromatic rings. The van der Waals surface area contributed by atoms with Gasteiger partial charge in [0.15, 0.2) is 0 Å². The largest absolute Gasteiger partial charge is 0.377 e. The summed E-state index contributed by atoms with van der Waals surface area (Å²) >= 11 is 0. The van der Waals surface area contributed by atoms with Crippen molar-refractivity contribution >= 4 is 11.6 Å². The standard InChI is InChI=1S/C25H40N2O/c1-7-9-11-13-14-20(3)25(28)26-21(4)22-16-18-23(19-17-22)24(27(5)6)15-12-10-8-2/h10,12,15-21H,7-9,11,13-14H2,1-6H3,(H,26,28)/b12-10-,24-15-. The molecule has 0 heterocycles. The fraction of sp³-hybridized carbons (Fsp3) is 0.560. The van der Waals surface area contributed by atoms with Crippen molar-refractivity contribution in [1.29, 1.82) is 0 Å². The molecule has 2 unspecified atom stereocenters. The second-order valence-corrected chi connectivity index (χ2v) is 7.89. The fourth-order valence-electron chi connectivity index (χ4n) is 3.19. The van der Waals surface area contributed by atoms with E-state index in [0.29, 0.717) is 0 Å². The predicted molar refractivity (Wildman–Crippen MR) is 122 cm³/mol. The Morgan fingerprint density at radius 3 is 2.32 bits per heavy atom. The van der Waals surface area contributed by atoms with Gasteiger partial charge < -0.3 is 10.2 Å². The Bertz CT molecular complexity index is 628. The number of nitrogens with one attached hydrogen (secondary N) is 1. The molecular formula is C25H40N2O. The van der Waals surface area contributed by atoms with Gasteiger partial charge in [-0.2, -0.15) is 0 Å². The lowest BCUT2D eigenvalue weighted by atomic mass is 10.00. The van der Waals surface area contributed by atoms with Crippen LogP contribution in [-0.4, -0.2) is 24.9 Å². The van der Waals surface area contributed by atoms with Crippen molar-refractivity contribution in [1.82, 2.24) is 10.2 Å². The van der Waals surface area contributed by atoms with E-state index in [9.17, 15) is 4.79 Å². The molecule has 28 heavy (non-hydrogen) atoms. The van der Waals surface area contributed by atoms with Gasteiger partial charge in [0.05, 0.1) is 6.04 Å². The third-order valence-electron chi connectivity index (χ3n) is 5.11. The zero-order chi connectivity index (χ0) is 20.9. The maximum atomic E-state index is 12.5. The van der Waals surface area contributed by atoms with Crippen LogP contribution in [0.25, 0.3) is 5.70 Å². The van der Waals surface area contributed by atoms with Gasteiger partial charge >= 0.3 is 0 Å². The molecule has 1 rings (SSSR count). The first kappa shape index (κ1) is 24.0. The summed E-state index contributed by atoms with van der Waals surface area (Å²) < 4.78 is 0. The lowest BCUT2D eigenvalue weighted by Crippen LogP contribution is -2.31. The second-order valence-electron chi connectivity index (χ2n) is 7.89. The van der Waals surface area contributed by atoms with Crippen molar-refractivity contribution in [3.05, 3.63) is 53.6 Å². The SMILES string of the molecule is CC/C=C\C=C(\c1ccc(C(C)NC(=O)C(C)CCCCCC)cc1)N(C)C. The zero-order valence-electron chi connectivity index (χ0n) is 18.8. The number of carbonyl (C=O) groups excluding carboxylic acids is 1. The number of carbonyl (C=O) groups is 1. The molecule has 0 spiro atoms. The molecule has 1 amide bonds. The summed E-state index contributed by atoms with van der Waals surface area (Å²) in [4.78, 5) is 14.6. The van der Waals surface area contributed by atoms with Crippen LogP contribution in [0.2, 0.25) is 0 Å². The van der Waals surface area contributed by atoms with Crippen LogP contribution in [0.5, 0.6) is 0 Å². The summed E-state index contributed by atoms with van der Waals surface area (Å²) in [6.07, 6.45) is 13.3. The van der Waals surface area contributed by atoms with Crippen molar-refractivity contribution in [2.75, 3.05) is 14.1 Å². The van der Waals surface area contributed by atoms with E-state index in [1.165, 1.54) is 30.5 Å². The lowest BCUT2D eigenvalue weighted by molar-refractivity contribution is -0.125. The topological polar surface area (TPSA) is 32.3 Å². The second kappa shape index (κ2) is 13.2. The molecule has 2 atom stereocenters. The summed E-state index contributed by atoms with van der Waals surface area (Å²) in [5.74, 6) is 0.235. The normalized spacial score (nSPS) is 14.1. The van der Waals surface area contributed by atoms with Crippen LogP contribution in [0, 0.1) is 5.92 Å². The smallest absolute Gasteiger partial charge is 0.223 e. The van der Waals surface area contributed by atoms with E-state index in [1.54, 1.807) is 0 Å². The van der Waals surface area contributed by atoms with E-state index in [4.69, 9.17) is 0 Å². The molecule has 0 bridgehead atoms. The van der Waals surface area contributed by atoms with Gasteiger partial charge in [-0.3, -0.25) is 4.79 Å². The number of amides is 1. The molecule has 1 N–H and O–H groups in total. The lowest BCUT2D eigenvalue weighted by Gasteiger charge is -2.20. The number of allylic oxidation sites excluding steroid dienone is 3. The number of hydrogen-bond acceptors (Lipinski definition) is 2. The summed E-state index contributed by atoms with van der Waals surface area (Å²) in [7, 11) is 4.12. The van der Waals surface area contributed by atoms with Gasteiger partial charge in [0.2, 0.25) is 5.91 Å². The van der Waals surface area contributed by atoms with Gasteiger partial charge in [0.25, 0.3) is 0 Å². The van der Waals surface area contributed by atoms with E-state index in [1.807, 2.05) is 6.92 Å². The first-order valence-electron chi connectivity index (χ1n) is 10.9. The molecule has 3 nitrogen and oxygen atoms in total. The molecule has 0 aromatic heterocycles. The van der Waals surface area contributed by atoms with Crippen molar-refractivity contribution in [2.45, 2.75) is 72.3 Å². The monoisotopic (exact) mass is 384 g/mol. The molecule has 1 aromatic carbocycles. The van der Waals surface area contributed by atoms with Crippen molar-refractivity contribution in [3.63, 3.8) is 0 Å². The van der Waals surface area contributed by atoms with Crippen LogP contribution >= 0.6 is 0 Å². The number of nitrogens with zero attached hydrogens (tertiary/aromatic N) is 1. The molecule has 3 heteroatoms. The average molecular weight is 385 g/mol. The third-order valence-corrected chi connectivity index (χ3v) is 5.11. The highest BCUT2D eigenvalue weighted by Gasteiger charge is 2.16. The number of unbranched alkanes of at least 4 members (excludes halogenated alkanes) is 3. The Balaban J connectivity index is 2.69. The van der Waals surface area contributed by atoms with Crippen molar-refractivity contribution < 1.29 is 4.79 Å². The van der Waals surface area contributed by atoms with Gasteiger partial charge in [0.1, 0.15) is 0 Å². The summed E-state index contributed by atoms with van der Waals surface area (Å²) in [5.41, 5.74) is 3.49. The molecule has 0 saturated heterocycles. The first-order valence-corrected chi connectivity index (χ1v) is 10.9. The molecule has 0 aliphatic carbocycles. The highest BCUT2D eigenvalue weighted by atomic mass is 16.1. The fourth-order valence-corrected chi connectivity index (χ4v) is 3.19. The maximum Gasteiger partial charge on any atom is 0.223 e. The number of benzene rings is 1. The van der Waals surface area contributed by atoms with Crippen LogP contribution in [0.15, 0.2) is 42.5 Å². The average Bonchev–Trinajstić information content (AvgIpc) is 2.68. The quantitative estimate of drug-likeness (QED) is 0.337. The van der Waals surface area contributed by atoms with E-state index < -0.39 is 0 Å². The van der Waals surface area contributed by atoms with Crippen molar-refractivity contribution in [3.8, 4) is 0 Å². The molecule has 0 saturated carbocycles. The Labute approximate surface area is 172 Å². The van der Waals surface area contributed by atoms with Crippen LogP contribution in [0.3, 0.4) is 0 Å². The minimum absolute atomic E-state index is 0.0198. The van der Waals surface area contributed by atoms with Crippen LogP contribution < -0.4 is 5.32 Å². The Morgan fingerprint density at radius 2 is 1.75 bits per heavy atom. The Morgan fingerprint density at radius 1 is 1.07 bits per heavy atom. The van der Waals surface area contributed by atoms with Crippen LogP contribution in [0.4, 0.5) is 0 Å². The Kier molecular flexibility index (Phi) is 11.3. The first-order chi connectivity index (χ1) is 13.4. The van der Waals surface area contributed by atoms with E-state index in [0.717, 1.165) is 24.8 Å². The molecule has 156 valence electrons. The number of hydrogen-bond donors (Lipinski definition) is 1. The summed E-state index contributed by atoms with van der Waals surface area (Å²) in [5, 5.41) is 3.18. The third kappa shape index (κ3) is 8.33. The van der Waals surface area contributed by atoms with Crippen molar-refractivity contribution in [2.24, 2.45) is 5.92 Å². The van der Waals surface area contributed by atoms with E-state index in [-0.39, 0.29) is 17.9 Å². The van der Waals surface area contributed by atoms with Gasteiger partial charge in [-0.05, 0) is 37.0 Å². The Hall–Kier alpha value is -2.03. The highest BCUT2D eigenvalue weighted by molar-refractivity contribution is 5.78. The maximum absolute atomic E-state index is 12.5. The zero-order valence-corrected chi connectivity index (χ0v) is 18.8. The predicted octanol–water partition coefficient (Wildman–Crippen LogP) is 6.34. The molecule has 0 fully saturated rings. The minimum atomic E-state index is 0.0198. The highest BCUT2D eigenvalue weighted by Crippen LogP contribution is 2.21. The number of rotatable bonds is 12. The molecular weight excluding hydrogens is 344 g/mol.